The van der Waals surface area contributed by atoms with Crippen molar-refractivity contribution in [1.82, 2.24) is 10.3 Å². The second-order valence-electron chi connectivity index (χ2n) is 4.53. The van der Waals surface area contributed by atoms with E-state index < -0.39 is 15.9 Å². The third kappa shape index (κ3) is 3.33. The molecule has 0 spiro atoms. The number of carbonyl (C=O) groups excluding carboxylic acids is 1. The van der Waals surface area contributed by atoms with Crippen LogP contribution in [0.3, 0.4) is 0 Å². The van der Waals surface area contributed by atoms with E-state index in [1.165, 1.54) is 30.3 Å². The molecule has 2 N–H and O–H groups in total. The van der Waals surface area contributed by atoms with Crippen molar-refractivity contribution in [2.45, 2.75) is 18.7 Å². The summed E-state index contributed by atoms with van der Waals surface area (Å²) < 4.78 is 29.3. The number of furan rings is 1. The average molecular weight is 319 g/mol. The van der Waals surface area contributed by atoms with Gasteiger partial charge in [0.25, 0.3) is 15.9 Å². The number of sulfonamides is 1. The van der Waals surface area contributed by atoms with Crippen LogP contribution in [-0.2, 0) is 10.0 Å². The largest absolute Gasteiger partial charge is 0.466 e. The molecule has 0 saturated carbocycles. The summed E-state index contributed by atoms with van der Waals surface area (Å²) >= 11 is 0. The number of hydrogen-bond donors (Lipinski definition) is 2. The van der Waals surface area contributed by atoms with E-state index in [1.807, 2.05) is 10.9 Å². The van der Waals surface area contributed by atoms with E-state index in [0.29, 0.717) is 11.5 Å². The lowest BCUT2D eigenvalue weighted by Crippen LogP contribution is -2.41. The van der Waals surface area contributed by atoms with E-state index in [-0.39, 0.29) is 16.0 Å². The Morgan fingerprint density at radius 2 is 2.00 bits per heavy atom. The minimum Gasteiger partial charge on any atom is -0.466 e. The van der Waals surface area contributed by atoms with Crippen LogP contribution in [0.2, 0.25) is 0 Å². The lowest BCUT2D eigenvalue weighted by atomic mass is 10.2. The molecule has 0 aliphatic heterocycles. The van der Waals surface area contributed by atoms with Crippen molar-refractivity contribution in [2.24, 2.45) is 0 Å². The highest BCUT2D eigenvalue weighted by molar-refractivity contribution is 7.89. The van der Waals surface area contributed by atoms with Crippen molar-refractivity contribution in [2.75, 3.05) is 0 Å². The van der Waals surface area contributed by atoms with Gasteiger partial charge in [-0.15, -0.1) is 4.83 Å². The van der Waals surface area contributed by atoms with Crippen LogP contribution in [0.1, 0.15) is 27.4 Å². The molecule has 1 amide bonds. The first-order chi connectivity index (χ1) is 10.3. The Balaban J connectivity index is 2.14. The van der Waals surface area contributed by atoms with Crippen molar-refractivity contribution in [3.63, 3.8) is 0 Å². The first-order valence-corrected chi connectivity index (χ1v) is 7.71. The summed E-state index contributed by atoms with van der Waals surface area (Å²) in [5, 5.41) is 8.78. The van der Waals surface area contributed by atoms with E-state index in [2.05, 4.69) is 5.43 Å². The Bertz CT molecular complexity index is 862. The second-order valence-corrected chi connectivity index (χ2v) is 6.21. The van der Waals surface area contributed by atoms with E-state index in [9.17, 15) is 13.2 Å². The van der Waals surface area contributed by atoms with Crippen LogP contribution in [-0.4, -0.2) is 14.3 Å². The highest BCUT2D eigenvalue weighted by Gasteiger charge is 2.18. The molecule has 0 radical (unpaired) electrons. The topological polar surface area (TPSA) is 112 Å². The van der Waals surface area contributed by atoms with Gasteiger partial charge in [0.05, 0.1) is 22.1 Å². The van der Waals surface area contributed by atoms with Crippen LogP contribution in [0.5, 0.6) is 0 Å². The summed E-state index contributed by atoms with van der Waals surface area (Å²) in [4.78, 5) is 13.8. The molecule has 2 aromatic rings. The Kier molecular flexibility index (Phi) is 4.30. The smallest absolute Gasteiger partial charge is 0.269 e. The highest BCUT2D eigenvalue weighted by Crippen LogP contribution is 2.14. The van der Waals surface area contributed by atoms with Crippen molar-refractivity contribution >= 4 is 15.9 Å². The van der Waals surface area contributed by atoms with Gasteiger partial charge in [-0.1, -0.05) is 6.07 Å². The van der Waals surface area contributed by atoms with Gasteiger partial charge in [-0.2, -0.15) is 5.26 Å². The monoisotopic (exact) mass is 319 g/mol. The molecule has 8 heteroatoms. The van der Waals surface area contributed by atoms with Crippen LogP contribution in [0.15, 0.2) is 39.6 Å². The van der Waals surface area contributed by atoms with E-state index >= 15 is 0 Å². The quantitative estimate of drug-likeness (QED) is 0.827. The van der Waals surface area contributed by atoms with Gasteiger partial charge in [0.2, 0.25) is 0 Å². The molecule has 0 atom stereocenters. The Hall–Kier alpha value is -2.63. The summed E-state index contributed by atoms with van der Waals surface area (Å²) in [6, 6.07) is 8.81. The van der Waals surface area contributed by atoms with Gasteiger partial charge >= 0.3 is 0 Å². The molecule has 0 bridgehead atoms. The minimum absolute atomic E-state index is 0.119. The molecule has 22 heavy (non-hydrogen) atoms. The van der Waals surface area contributed by atoms with Crippen LogP contribution >= 0.6 is 0 Å². The average Bonchev–Trinajstić information content (AvgIpc) is 2.83. The van der Waals surface area contributed by atoms with E-state index in [4.69, 9.17) is 9.68 Å². The molecular weight excluding hydrogens is 306 g/mol. The van der Waals surface area contributed by atoms with Gasteiger partial charge in [0, 0.05) is 0 Å². The van der Waals surface area contributed by atoms with Crippen molar-refractivity contribution in [3.05, 3.63) is 53.0 Å². The van der Waals surface area contributed by atoms with Crippen molar-refractivity contribution in [1.29, 1.82) is 5.26 Å². The molecule has 0 aliphatic carbocycles. The van der Waals surface area contributed by atoms with Gasteiger partial charge in [-0.3, -0.25) is 10.2 Å². The summed E-state index contributed by atoms with van der Waals surface area (Å²) in [6.07, 6.45) is 0. The van der Waals surface area contributed by atoms with Crippen molar-refractivity contribution in [3.8, 4) is 6.07 Å². The fourth-order valence-electron chi connectivity index (χ4n) is 1.83. The number of aryl methyl sites for hydroxylation is 2. The third-order valence-corrected chi connectivity index (χ3v) is 4.10. The zero-order chi connectivity index (χ0) is 16.3. The fourth-order valence-corrected chi connectivity index (χ4v) is 2.71. The molecule has 1 aromatic heterocycles. The van der Waals surface area contributed by atoms with Gasteiger partial charge in [0.1, 0.15) is 11.5 Å². The molecule has 0 unspecified atom stereocenters. The molecule has 2 rings (SSSR count). The predicted molar refractivity (Wildman–Crippen MR) is 77.1 cm³/mol. The maximum absolute atomic E-state index is 12.1. The maximum Gasteiger partial charge on any atom is 0.269 e. The number of amides is 1. The number of hydrogen-bond acceptors (Lipinski definition) is 5. The first kappa shape index (κ1) is 15.8. The van der Waals surface area contributed by atoms with Gasteiger partial charge < -0.3 is 4.42 Å². The number of nitrogens with zero attached hydrogens (tertiary/aromatic N) is 1. The summed E-state index contributed by atoms with van der Waals surface area (Å²) in [5.41, 5.74) is 2.56. The van der Waals surface area contributed by atoms with Crippen LogP contribution in [0.4, 0.5) is 0 Å². The van der Waals surface area contributed by atoms with Crippen LogP contribution in [0.25, 0.3) is 0 Å². The maximum atomic E-state index is 12.1. The van der Waals surface area contributed by atoms with Crippen LogP contribution in [0, 0.1) is 25.2 Å². The molecular formula is C14H13N3O4S. The van der Waals surface area contributed by atoms with E-state index in [0.717, 1.165) is 0 Å². The number of carbonyl (C=O) groups is 1. The zero-order valence-electron chi connectivity index (χ0n) is 11.9. The Morgan fingerprint density at radius 1 is 1.27 bits per heavy atom. The summed E-state index contributed by atoms with van der Waals surface area (Å²) in [5.74, 6) is 0.308. The molecule has 1 aromatic carbocycles. The Morgan fingerprint density at radius 3 is 2.59 bits per heavy atom. The number of nitrogens with one attached hydrogen (secondary N) is 2. The van der Waals surface area contributed by atoms with Gasteiger partial charge in [-0.05, 0) is 38.1 Å². The molecule has 114 valence electrons. The van der Waals surface area contributed by atoms with Gasteiger partial charge in [0.15, 0.2) is 0 Å². The SMILES string of the molecule is Cc1cc(C(=O)NNS(=O)(=O)c2cccc(C#N)c2)c(C)o1. The minimum atomic E-state index is -3.97. The van der Waals surface area contributed by atoms with Crippen molar-refractivity contribution < 1.29 is 17.6 Å². The van der Waals surface area contributed by atoms with E-state index in [1.54, 1.807) is 13.8 Å². The van der Waals surface area contributed by atoms with Gasteiger partial charge in [-0.25, -0.2) is 8.42 Å². The fraction of sp³-hybridized carbons (Fsp3) is 0.143. The zero-order valence-corrected chi connectivity index (χ0v) is 12.7. The predicted octanol–water partition coefficient (Wildman–Crippen LogP) is 1.39. The summed E-state index contributed by atoms with van der Waals surface area (Å²) in [6.45, 7) is 3.29. The molecule has 1 heterocycles. The number of nitriles is 1. The lowest BCUT2D eigenvalue weighted by Gasteiger charge is -2.08. The number of hydrazine groups is 1. The second kappa shape index (κ2) is 6.01. The molecule has 0 saturated heterocycles. The van der Waals surface area contributed by atoms with Crippen LogP contribution < -0.4 is 10.3 Å². The highest BCUT2D eigenvalue weighted by atomic mass is 32.2. The summed E-state index contributed by atoms with van der Waals surface area (Å²) in [7, 11) is -3.97. The molecule has 7 nitrogen and oxygen atoms in total. The normalized spacial score (nSPS) is 11.0. The number of rotatable bonds is 4. The Labute approximate surface area is 127 Å². The molecule has 0 aliphatic rings. The lowest BCUT2D eigenvalue weighted by molar-refractivity contribution is 0.0943. The third-order valence-electron chi connectivity index (χ3n) is 2.86. The standard InChI is InChI=1S/C14H13N3O4S/c1-9-6-13(10(2)21-9)14(18)16-17-22(19,20)12-5-3-4-11(7-12)8-15/h3-7,17H,1-2H3,(H,16,18). The first-order valence-electron chi connectivity index (χ1n) is 6.23. The number of benzene rings is 1. The molecule has 0 fully saturated rings.